The molecule has 2 aromatic rings. The first kappa shape index (κ1) is 15.3. The molecule has 6 heteroatoms. The Morgan fingerprint density at radius 3 is 2.57 bits per heavy atom. The minimum atomic E-state index is -0.693. The van der Waals surface area contributed by atoms with Gasteiger partial charge in [-0.2, -0.15) is 4.98 Å². The van der Waals surface area contributed by atoms with E-state index >= 15 is 0 Å². The average molecular weight is 291 g/mol. The molecule has 0 aliphatic heterocycles. The van der Waals surface area contributed by atoms with Crippen LogP contribution in [-0.2, 0) is 23.2 Å². The second-order valence-corrected chi connectivity index (χ2v) is 5.50. The third-order valence-electron chi connectivity index (χ3n) is 3.28. The number of carbonyl (C=O) groups is 1. The van der Waals surface area contributed by atoms with Gasteiger partial charge in [0.1, 0.15) is 5.76 Å². The van der Waals surface area contributed by atoms with E-state index in [1.165, 1.54) is 6.92 Å². The Hall–Kier alpha value is -2.11. The number of nitrogens with zero attached hydrogens (tertiary/aromatic N) is 2. The summed E-state index contributed by atoms with van der Waals surface area (Å²) in [6.45, 7) is 9.21. The summed E-state index contributed by atoms with van der Waals surface area (Å²) in [7, 11) is 0. The predicted molar refractivity (Wildman–Crippen MR) is 77.6 cm³/mol. The number of carbonyl (C=O) groups excluding carboxylic acids is 1. The lowest BCUT2D eigenvalue weighted by Crippen LogP contribution is -2.40. The van der Waals surface area contributed by atoms with Crippen LogP contribution in [0.15, 0.2) is 15.0 Å². The van der Waals surface area contributed by atoms with Crippen LogP contribution < -0.4 is 5.32 Å². The molecule has 21 heavy (non-hydrogen) atoms. The molecule has 1 N–H and O–H groups in total. The van der Waals surface area contributed by atoms with E-state index in [1.54, 1.807) is 0 Å². The summed E-state index contributed by atoms with van der Waals surface area (Å²) < 4.78 is 11.0. The summed E-state index contributed by atoms with van der Waals surface area (Å²) in [4.78, 5) is 15.6. The first-order valence-electron chi connectivity index (χ1n) is 7.12. The summed E-state index contributed by atoms with van der Waals surface area (Å²) in [6.07, 6.45) is 1.71. The quantitative estimate of drug-likeness (QED) is 0.916. The van der Waals surface area contributed by atoms with Gasteiger partial charge >= 0.3 is 0 Å². The molecule has 0 atom stereocenters. The van der Waals surface area contributed by atoms with Gasteiger partial charge in [-0.3, -0.25) is 4.79 Å². The molecular formula is C15H21N3O3. The van der Waals surface area contributed by atoms with E-state index in [0.717, 1.165) is 24.2 Å². The van der Waals surface area contributed by atoms with Crippen LogP contribution in [0.1, 0.15) is 51.8 Å². The van der Waals surface area contributed by atoms with E-state index in [2.05, 4.69) is 22.4 Å². The van der Waals surface area contributed by atoms with Crippen LogP contribution in [0.3, 0.4) is 0 Å². The van der Waals surface area contributed by atoms with E-state index in [0.29, 0.717) is 17.5 Å². The highest BCUT2D eigenvalue weighted by Gasteiger charge is 2.28. The van der Waals surface area contributed by atoms with Gasteiger partial charge in [-0.1, -0.05) is 19.0 Å². The van der Waals surface area contributed by atoms with Crippen LogP contribution in [0.4, 0.5) is 0 Å². The fourth-order valence-corrected chi connectivity index (χ4v) is 2.24. The van der Waals surface area contributed by atoms with Gasteiger partial charge in [0.15, 0.2) is 11.6 Å². The fraction of sp³-hybridized carbons (Fsp3) is 0.533. The van der Waals surface area contributed by atoms with Crippen molar-refractivity contribution >= 4 is 5.91 Å². The van der Waals surface area contributed by atoms with Crippen molar-refractivity contribution < 1.29 is 13.7 Å². The normalized spacial score (nSPS) is 11.7. The van der Waals surface area contributed by atoms with Crippen molar-refractivity contribution in [2.24, 2.45) is 0 Å². The lowest BCUT2D eigenvalue weighted by Gasteiger charge is -2.20. The van der Waals surface area contributed by atoms with Crippen LogP contribution in [0.25, 0.3) is 11.7 Å². The van der Waals surface area contributed by atoms with Crippen LogP contribution in [0.5, 0.6) is 0 Å². The molecule has 0 aliphatic carbocycles. The van der Waals surface area contributed by atoms with Crippen molar-refractivity contribution in [3.05, 3.63) is 23.2 Å². The Morgan fingerprint density at radius 2 is 2.05 bits per heavy atom. The Bertz CT molecular complexity index is 619. The van der Waals surface area contributed by atoms with E-state index < -0.39 is 5.54 Å². The number of nitrogens with one attached hydrogen (secondary N) is 1. The molecule has 1 amide bonds. The largest absolute Gasteiger partial charge is 0.456 e. The van der Waals surface area contributed by atoms with Crippen LogP contribution >= 0.6 is 0 Å². The summed E-state index contributed by atoms with van der Waals surface area (Å²) in [5.74, 6) is 2.11. The summed E-state index contributed by atoms with van der Waals surface area (Å²) in [6, 6.07) is 1.93. The molecule has 0 bridgehead atoms. The van der Waals surface area contributed by atoms with Crippen molar-refractivity contribution in [3.8, 4) is 11.7 Å². The summed E-state index contributed by atoms with van der Waals surface area (Å²) >= 11 is 0. The molecule has 0 unspecified atom stereocenters. The number of rotatable bonds is 5. The maximum Gasteiger partial charge on any atom is 0.293 e. The third-order valence-corrected chi connectivity index (χ3v) is 3.28. The Morgan fingerprint density at radius 1 is 1.33 bits per heavy atom. The zero-order valence-electron chi connectivity index (χ0n) is 13.1. The van der Waals surface area contributed by atoms with Gasteiger partial charge in [-0.15, -0.1) is 0 Å². The zero-order valence-corrected chi connectivity index (χ0v) is 13.1. The maximum atomic E-state index is 11.2. The minimum absolute atomic E-state index is 0.147. The maximum absolute atomic E-state index is 11.2. The number of furan rings is 1. The van der Waals surface area contributed by atoms with Crippen molar-refractivity contribution in [3.63, 3.8) is 0 Å². The standard InChI is InChI=1S/C15H21N3O3/c1-6-10-8-12(20-11(10)7-2)13-16-14(18-21-13)15(4,5)17-9(3)19/h8H,6-7H2,1-5H3,(H,17,19). The lowest BCUT2D eigenvalue weighted by molar-refractivity contribution is -0.120. The third kappa shape index (κ3) is 3.15. The van der Waals surface area contributed by atoms with E-state index in [1.807, 2.05) is 26.8 Å². The molecule has 2 aromatic heterocycles. The second kappa shape index (κ2) is 5.71. The molecule has 6 nitrogen and oxygen atoms in total. The Labute approximate surface area is 123 Å². The van der Waals surface area contributed by atoms with Crippen molar-refractivity contribution in [2.45, 2.75) is 53.0 Å². The van der Waals surface area contributed by atoms with Gasteiger partial charge in [-0.05, 0) is 31.9 Å². The molecule has 2 rings (SSSR count). The molecule has 114 valence electrons. The Balaban J connectivity index is 2.31. The number of hydrogen-bond acceptors (Lipinski definition) is 5. The highest BCUT2D eigenvalue weighted by Crippen LogP contribution is 2.27. The lowest BCUT2D eigenvalue weighted by atomic mass is 10.1. The molecule has 0 aliphatic rings. The molecule has 2 heterocycles. The number of amides is 1. The first-order valence-corrected chi connectivity index (χ1v) is 7.12. The van der Waals surface area contributed by atoms with Crippen molar-refractivity contribution in [1.29, 1.82) is 0 Å². The molecular weight excluding hydrogens is 270 g/mol. The van der Waals surface area contributed by atoms with Crippen LogP contribution in [0, 0.1) is 0 Å². The summed E-state index contributed by atoms with van der Waals surface area (Å²) in [5.41, 5.74) is 0.454. The van der Waals surface area contributed by atoms with Gasteiger partial charge in [0, 0.05) is 13.3 Å². The molecule has 0 saturated carbocycles. The molecule has 0 fully saturated rings. The molecule has 0 aromatic carbocycles. The molecule has 0 radical (unpaired) electrons. The van der Waals surface area contributed by atoms with Gasteiger partial charge in [0.2, 0.25) is 5.91 Å². The Kier molecular flexibility index (Phi) is 4.16. The number of aryl methyl sites for hydroxylation is 2. The smallest absolute Gasteiger partial charge is 0.293 e. The molecule has 0 saturated heterocycles. The fourth-order valence-electron chi connectivity index (χ4n) is 2.24. The predicted octanol–water partition coefficient (Wildman–Crippen LogP) is 2.83. The monoisotopic (exact) mass is 291 g/mol. The van der Waals surface area contributed by atoms with Gasteiger partial charge in [0.05, 0.1) is 5.54 Å². The van der Waals surface area contributed by atoms with Crippen molar-refractivity contribution in [2.75, 3.05) is 0 Å². The van der Waals surface area contributed by atoms with E-state index in [4.69, 9.17) is 8.94 Å². The molecule has 0 spiro atoms. The van der Waals surface area contributed by atoms with E-state index in [9.17, 15) is 4.79 Å². The van der Waals surface area contributed by atoms with Gasteiger partial charge in [-0.25, -0.2) is 0 Å². The van der Waals surface area contributed by atoms with Crippen LogP contribution in [0.2, 0.25) is 0 Å². The highest BCUT2D eigenvalue weighted by atomic mass is 16.5. The minimum Gasteiger partial charge on any atom is -0.456 e. The van der Waals surface area contributed by atoms with Crippen molar-refractivity contribution in [1.82, 2.24) is 15.5 Å². The zero-order chi connectivity index (χ0) is 15.6. The van der Waals surface area contributed by atoms with Gasteiger partial charge < -0.3 is 14.3 Å². The SMILES string of the molecule is CCc1cc(-c2nc(C(C)(C)NC(C)=O)no2)oc1CC. The number of hydrogen-bond donors (Lipinski definition) is 1. The van der Waals surface area contributed by atoms with Gasteiger partial charge in [0.25, 0.3) is 5.89 Å². The van der Waals surface area contributed by atoms with Crippen LogP contribution in [-0.4, -0.2) is 16.0 Å². The topological polar surface area (TPSA) is 81.2 Å². The number of aromatic nitrogens is 2. The average Bonchev–Trinajstić information content (AvgIpc) is 3.03. The highest BCUT2D eigenvalue weighted by molar-refractivity contribution is 5.73. The first-order chi connectivity index (χ1) is 9.87. The summed E-state index contributed by atoms with van der Waals surface area (Å²) in [5, 5.41) is 6.73. The van der Waals surface area contributed by atoms with E-state index in [-0.39, 0.29) is 5.91 Å². The second-order valence-electron chi connectivity index (χ2n) is 5.50.